The number of nitrogens with one attached hydrogen (secondary N) is 2. The van der Waals surface area contributed by atoms with E-state index in [1.165, 1.54) is 6.21 Å². The Morgan fingerprint density at radius 1 is 1.00 bits per heavy atom. The molecule has 6 nitrogen and oxygen atoms in total. The van der Waals surface area contributed by atoms with Crippen molar-refractivity contribution in [1.82, 2.24) is 5.43 Å². The van der Waals surface area contributed by atoms with Gasteiger partial charge in [-0.15, -0.1) is 0 Å². The zero-order chi connectivity index (χ0) is 22.2. The molecular weight excluding hydrogens is 526 g/mol. The van der Waals surface area contributed by atoms with Crippen molar-refractivity contribution in [2.75, 3.05) is 11.9 Å². The summed E-state index contributed by atoms with van der Waals surface area (Å²) in [4.78, 5) is 24.2. The van der Waals surface area contributed by atoms with E-state index < -0.39 is 0 Å². The van der Waals surface area contributed by atoms with Gasteiger partial charge in [-0.2, -0.15) is 5.10 Å². The number of hydrogen-bond acceptors (Lipinski definition) is 4. The van der Waals surface area contributed by atoms with Crippen LogP contribution in [0.15, 0.2) is 80.8 Å². The number of carbonyl (C=O) groups excluding carboxylic acids is 2. The van der Waals surface area contributed by atoms with E-state index >= 15 is 0 Å². The maximum Gasteiger partial charge on any atom is 0.271 e. The van der Waals surface area contributed by atoms with E-state index in [0.29, 0.717) is 20.3 Å². The number of rotatable bonds is 7. The Bertz CT molecular complexity index is 1100. The Morgan fingerprint density at radius 3 is 2.39 bits per heavy atom. The summed E-state index contributed by atoms with van der Waals surface area (Å²) in [5.74, 6) is -0.0712. The average molecular weight is 545 g/mol. The minimum Gasteiger partial charge on any atom is -0.481 e. The van der Waals surface area contributed by atoms with E-state index in [-0.39, 0.29) is 18.4 Å². The van der Waals surface area contributed by atoms with Crippen molar-refractivity contribution in [3.63, 3.8) is 0 Å². The standard InChI is InChI=1S/C23H19Br2N3O3/c1-15-6-5-9-18(10-15)27-21(29)14-31-22-19(24)11-16(12-20(22)25)13-26-28-23(30)17-7-3-2-4-8-17/h2-13H,14H2,1H3,(H,27,29)(H,28,30)/b26-13+. The SMILES string of the molecule is Cc1cccc(NC(=O)COc2c(Br)cc(/C=N/NC(=O)c3ccccc3)cc2Br)c1. The van der Waals surface area contributed by atoms with Crippen LogP contribution in [0.25, 0.3) is 0 Å². The van der Waals surface area contributed by atoms with Gasteiger partial charge >= 0.3 is 0 Å². The second kappa shape index (κ2) is 10.9. The molecule has 0 fully saturated rings. The maximum atomic E-state index is 12.2. The van der Waals surface area contributed by atoms with Crippen LogP contribution in [0.5, 0.6) is 5.75 Å². The highest BCUT2D eigenvalue weighted by molar-refractivity contribution is 9.11. The molecule has 0 aliphatic carbocycles. The number of hydrazone groups is 1. The number of nitrogens with zero attached hydrogens (tertiary/aromatic N) is 1. The molecular formula is C23H19Br2N3O3. The summed E-state index contributed by atoms with van der Waals surface area (Å²) in [5.41, 5.74) is 5.51. The lowest BCUT2D eigenvalue weighted by Gasteiger charge is -2.12. The van der Waals surface area contributed by atoms with Gasteiger partial charge in [0.25, 0.3) is 11.8 Å². The van der Waals surface area contributed by atoms with Gasteiger partial charge in [-0.1, -0.05) is 30.3 Å². The highest BCUT2D eigenvalue weighted by Gasteiger charge is 2.11. The molecule has 158 valence electrons. The maximum absolute atomic E-state index is 12.2. The molecule has 0 aliphatic heterocycles. The second-order valence-corrected chi connectivity index (χ2v) is 8.29. The number of carbonyl (C=O) groups is 2. The van der Waals surface area contributed by atoms with Crippen molar-refractivity contribution >= 4 is 55.6 Å². The molecule has 0 heterocycles. The van der Waals surface area contributed by atoms with Crippen molar-refractivity contribution in [2.24, 2.45) is 5.10 Å². The van der Waals surface area contributed by atoms with Gasteiger partial charge in [0, 0.05) is 11.3 Å². The number of aryl methyl sites for hydroxylation is 1. The fourth-order valence-electron chi connectivity index (χ4n) is 2.67. The third kappa shape index (κ3) is 6.77. The minimum atomic E-state index is -0.297. The molecule has 0 aliphatic rings. The summed E-state index contributed by atoms with van der Waals surface area (Å²) in [6.45, 7) is 1.81. The molecule has 3 aromatic rings. The first-order valence-electron chi connectivity index (χ1n) is 9.29. The van der Waals surface area contributed by atoms with Crippen LogP contribution in [0, 0.1) is 6.92 Å². The minimum absolute atomic E-state index is 0.147. The van der Waals surface area contributed by atoms with E-state index in [9.17, 15) is 9.59 Å². The van der Waals surface area contributed by atoms with Crippen molar-refractivity contribution in [3.8, 4) is 5.75 Å². The Hall–Kier alpha value is -2.97. The summed E-state index contributed by atoms with van der Waals surface area (Å²) in [6.07, 6.45) is 1.52. The molecule has 0 spiro atoms. The zero-order valence-corrected chi connectivity index (χ0v) is 19.7. The van der Waals surface area contributed by atoms with E-state index in [4.69, 9.17) is 4.74 Å². The molecule has 0 atom stereocenters. The molecule has 0 unspecified atom stereocenters. The lowest BCUT2D eigenvalue weighted by atomic mass is 10.2. The van der Waals surface area contributed by atoms with Crippen molar-refractivity contribution in [3.05, 3.63) is 92.4 Å². The molecule has 0 saturated carbocycles. The van der Waals surface area contributed by atoms with E-state index in [2.05, 4.69) is 47.7 Å². The lowest BCUT2D eigenvalue weighted by molar-refractivity contribution is -0.118. The first-order chi connectivity index (χ1) is 14.9. The Labute approximate surface area is 197 Å². The van der Waals surface area contributed by atoms with Gasteiger partial charge in [0.1, 0.15) is 5.75 Å². The van der Waals surface area contributed by atoms with Crippen LogP contribution in [-0.2, 0) is 4.79 Å². The number of benzene rings is 3. The molecule has 0 saturated heterocycles. The van der Waals surface area contributed by atoms with Crippen molar-refractivity contribution in [2.45, 2.75) is 6.92 Å². The summed E-state index contributed by atoms with van der Waals surface area (Å²) in [5, 5.41) is 6.79. The van der Waals surface area contributed by atoms with Crippen LogP contribution in [0.2, 0.25) is 0 Å². The third-order valence-electron chi connectivity index (χ3n) is 4.09. The first kappa shape index (κ1) is 22.7. The molecule has 0 bridgehead atoms. The van der Waals surface area contributed by atoms with Crippen LogP contribution in [-0.4, -0.2) is 24.6 Å². The van der Waals surface area contributed by atoms with Crippen LogP contribution < -0.4 is 15.5 Å². The molecule has 0 radical (unpaired) electrons. The summed E-state index contributed by atoms with van der Waals surface area (Å²) in [7, 11) is 0. The summed E-state index contributed by atoms with van der Waals surface area (Å²) in [6, 6.07) is 19.9. The topological polar surface area (TPSA) is 79.8 Å². The van der Waals surface area contributed by atoms with Gasteiger partial charge < -0.3 is 10.1 Å². The molecule has 3 rings (SSSR count). The quantitative estimate of drug-likeness (QED) is 0.313. The van der Waals surface area contributed by atoms with E-state index in [0.717, 1.165) is 16.8 Å². The fraction of sp³-hybridized carbons (Fsp3) is 0.0870. The fourth-order valence-corrected chi connectivity index (χ4v) is 4.12. The number of anilines is 1. The van der Waals surface area contributed by atoms with E-state index in [1.54, 1.807) is 36.4 Å². The number of hydrogen-bond donors (Lipinski definition) is 2. The lowest BCUT2D eigenvalue weighted by Crippen LogP contribution is -2.20. The Kier molecular flexibility index (Phi) is 7.97. The van der Waals surface area contributed by atoms with Gasteiger partial charge in [0.2, 0.25) is 0 Å². The van der Waals surface area contributed by atoms with Gasteiger partial charge in [-0.25, -0.2) is 5.43 Å². The zero-order valence-electron chi connectivity index (χ0n) is 16.6. The molecule has 2 amide bonds. The number of amides is 2. The largest absolute Gasteiger partial charge is 0.481 e. The highest BCUT2D eigenvalue weighted by atomic mass is 79.9. The van der Waals surface area contributed by atoms with Gasteiger partial charge in [0.15, 0.2) is 6.61 Å². The molecule has 2 N–H and O–H groups in total. The van der Waals surface area contributed by atoms with Crippen LogP contribution in [0.3, 0.4) is 0 Å². The molecule has 3 aromatic carbocycles. The monoisotopic (exact) mass is 543 g/mol. The average Bonchev–Trinajstić information content (AvgIpc) is 2.73. The third-order valence-corrected chi connectivity index (χ3v) is 5.26. The molecule has 0 aromatic heterocycles. The second-order valence-electron chi connectivity index (χ2n) is 6.59. The van der Waals surface area contributed by atoms with Crippen molar-refractivity contribution in [1.29, 1.82) is 0 Å². The molecule has 8 heteroatoms. The molecule has 31 heavy (non-hydrogen) atoms. The van der Waals surface area contributed by atoms with Crippen LogP contribution in [0.1, 0.15) is 21.5 Å². The Balaban J connectivity index is 1.58. The first-order valence-corrected chi connectivity index (χ1v) is 10.9. The van der Waals surface area contributed by atoms with Gasteiger partial charge in [-0.05, 0) is 86.3 Å². The predicted molar refractivity (Wildman–Crippen MR) is 129 cm³/mol. The van der Waals surface area contributed by atoms with Crippen LogP contribution >= 0.6 is 31.9 Å². The highest BCUT2D eigenvalue weighted by Crippen LogP contribution is 2.34. The van der Waals surface area contributed by atoms with Crippen molar-refractivity contribution < 1.29 is 14.3 Å². The summed E-state index contributed by atoms with van der Waals surface area (Å²) < 4.78 is 6.95. The predicted octanol–water partition coefficient (Wildman–Crippen LogP) is 5.30. The van der Waals surface area contributed by atoms with Gasteiger partial charge in [0.05, 0.1) is 15.2 Å². The van der Waals surface area contributed by atoms with E-state index in [1.807, 2.05) is 37.3 Å². The summed E-state index contributed by atoms with van der Waals surface area (Å²) >= 11 is 6.89. The van der Waals surface area contributed by atoms with Gasteiger partial charge in [-0.3, -0.25) is 9.59 Å². The van der Waals surface area contributed by atoms with Crippen LogP contribution in [0.4, 0.5) is 5.69 Å². The number of ether oxygens (including phenoxy) is 1. The smallest absolute Gasteiger partial charge is 0.271 e. The Morgan fingerprint density at radius 2 is 1.71 bits per heavy atom. The normalized spacial score (nSPS) is 10.7. The number of halogens is 2.